The molecule has 3 aromatic carbocycles. The van der Waals surface area contributed by atoms with Crippen molar-refractivity contribution in [3.8, 4) is 0 Å². The van der Waals surface area contributed by atoms with E-state index in [0.717, 1.165) is 47.9 Å². The number of carbonyl (C=O) groups is 8. The van der Waals surface area contributed by atoms with Crippen LogP contribution in [0.25, 0.3) is 0 Å². The predicted octanol–water partition coefficient (Wildman–Crippen LogP) is 2.18. The van der Waals surface area contributed by atoms with Crippen LogP contribution in [0, 0.1) is 11.8 Å². The summed E-state index contributed by atoms with van der Waals surface area (Å²) >= 11 is 0. The van der Waals surface area contributed by atoms with E-state index in [1.807, 2.05) is 48.5 Å². The Morgan fingerprint density at radius 2 is 0.987 bits per heavy atom. The number of carbonyl (C=O) groups excluding carboxylic acids is 8. The lowest BCUT2D eigenvalue weighted by atomic mass is 9.87. The lowest BCUT2D eigenvalue weighted by Gasteiger charge is -2.32. The number of rotatable bonds is 20. The quantitative estimate of drug-likeness (QED) is 0.0581. The van der Waals surface area contributed by atoms with Gasteiger partial charge < -0.3 is 57.6 Å². The standard InChI is InChI=1S/C56H75N9O10/c1-30(58-5)51(70)62-49(32(3)66)55(74)64-28-34(21-45(64)53(72)60-43-19-11-15-36-13-7-9-17-41(36)43)23-47(68)38-25-39(27-40(57)26-38)48(69)24-35-22-46(54(73)61-44-20-12-16-37-14-8-10-18-42(37)44)65(29-35)56(75)50(33(4)67)63-52(71)31(2)59-6/h7-10,13-14,17-18,25-27,30-35,43-46,49-50,58-59,66-67H,11-12,15-16,19-24,28-29,57H2,1-6H3,(H,60,72)(H,61,73)(H,62,70)(H,63,71)/t30-,31-,32+,33+,34+,35+,43+,44?,45-,46-,49-,50-/m0/s1. The SMILES string of the molecule is CN[C@@H](C)C(=O)N[C@H](C(=O)N1C[C@@H](CC(=O)c2cc(N)cc(C(=O)C[C@H]3C[C@@H](C(=O)N[C@@H]4CCCc5ccccc54)N(C(=O)[C@@H](NC(=O)[C@H](C)NC)[C@@H](C)O)C3)c2)C[C@H]1C(=O)NC1CCCc2ccccc21)[C@@H](C)O. The summed E-state index contributed by atoms with van der Waals surface area (Å²) in [7, 11) is 3.17. The number of benzene rings is 3. The maximum Gasteiger partial charge on any atom is 0.248 e. The van der Waals surface area contributed by atoms with Crippen LogP contribution < -0.4 is 37.6 Å². The number of Topliss-reactive ketones (excluding diaryl/α,β-unsaturated/α-hetero) is 2. The number of likely N-dealkylation sites (tertiary alicyclic amines) is 2. The van der Waals surface area contributed by atoms with Crippen molar-refractivity contribution in [2.24, 2.45) is 11.8 Å². The number of nitrogens with one attached hydrogen (secondary N) is 6. The molecule has 2 fully saturated rings. The first kappa shape index (κ1) is 56.2. The molecular formula is C56H75N9O10. The van der Waals surface area contributed by atoms with Crippen molar-refractivity contribution in [1.29, 1.82) is 0 Å². The number of nitrogens with zero attached hydrogens (tertiary/aromatic N) is 2. The molecule has 0 saturated carbocycles. The zero-order chi connectivity index (χ0) is 54.2. The fourth-order valence-corrected chi connectivity index (χ4v) is 11.2. The Bertz CT molecular complexity index is 2450. The number of hydrogen-bond acceptors (Lipinski definition) is 13. The molecule has 0 aromatic heterocycles. The minimum absolute atomic E-state index is 0.0360. The van der Waals surface area contributed by atoms with E-state index in [4.69, 9.17) is 5.73 Å². The largest absolute Gasteiger partial charge is 0.399 e. The Morgan fingerprint density at radius 1 is 0.600 bits per heavy atom. The van der Waals surface area contributed by atoms with Crippen molar-refractivity contribution < 1.29 is 48.6 Å². The molecule has 0 bridgehead atoms. The monoisotopic (exact) mass is 1030 g/mol. The van der Waals surface area contributed by atoms with E-state index < -0.39 is 107 Å². The summed E-state index contributed by atoms with van der Waals surface area (Å²) < 4.78 is 0. The minimum Gasteiger partial charge on any atom is -0.399 e. The number of amides is 6. The molecule has 75 heavy (non-hydrogen) atoms. The Kier molecular flexibility index (Phi) is 18.6. The zero-order valence-corrected chi connectivity index (χ0v) is 43.9. The van der Waals surface area contributed by atoms with Gasteiger partial charge in [0.05, 0.1) is 36.4 Å². The van der Waals surface area contributed by atoms with Crippen molar-refractivity contribution in [3.05, 3.63) is 100 Å². The molecule has 6 amide bonds. The molecule has 2 aliphatic carbocycles. The van der Waals surface area contributed by atoms with Crippen LogP contribution in [0.2, 0.25) is 0 Å². The van der Waals surface area contributed by atoms with Crippen LogP contribution in [0.3, 0.4) is 0 Å². The molecule has 3 aromatic rings. The van der Waals surface area contributed by atoms with Crippen LogP contribution in [0.4, 0.5) is 5.69 Å². The van der Waals surface area contributed by atoms with E-state index in [2.05, 4.69) is 31.9 Å². The van der Waals surface area contributed by atoms with Gasteiger partial charge in [0.2, 0.25) is 35.4 Å². The van der Waals surface area contributed by atoms with Gasteiger partial charge in [-0.2, -0.15) is 0 Å². The van der Waals surface area contributed by atoms with Crippen molar-refractivity contribution in [2.75, 3.05) is 32.9 Å². The molecule has 12 atom stereocenters. The lowest BCUT2D eigenvalue weighted by molar-refractivity contribution is -0.144. The van der Waals surface area contributed by atoms with Crippen molar-refractivity contribution in [2.45, 2.75) is 152 Å². The summed E-state index contributed by atoms with van der Waals surface area (Å²) in [5, 5.41) is 38.8. The van der Waals surface area contributed by atoms with Crippen LogP contribution in [0.15, 0.2) is 66.7 Å². The molecule has 404 valence electrons. The Morgan fingerprint density at radius 3 is 1.36 bits per heavy atom. The number of aliphatic hydroxyl groups is 2. The van der Waals surface area contributed by atoms with Gasteiger partial charge >= 0.3 is 0 Å². The second-order valence-corrected chi connectivity index (χ2v) is 21.1. The molecule has 19 heteroatoms. The van der Waals surface area contributed by atoms with Crippen molar-refractivity contribution >= 4 is 52.7 Å². The maximum absolute atomic E-state index is 14.4. The summed E-state index contributed by atoms with van der Waals surface area (Å²) in [5.74, 6) is -5.09. The van der Waals surface area contributed by atoms with Crippen molar-refractivity contribution in [1.82, 2.24) is 41.7 Å². The van der Waals surface area contributed by atoms with E-state index in [0.29, 0.717) is 12.8 Å². The average Bonchev–Trinajstić information content (AvgIpc) is 4.03. The average molecular weight is 1030 g/mol. The van der Waals surface area contributed by atoms with E-state index >= 15 is 0 Å². The fraction of sp³-hybridized carbons (Fsp3) is 0.536. The lowest BCUT2D eigenvalue weighted by Crippen LogP contribution is -2.59. The second kappa shape index (κ2) is 24.9. The number of anilines is 1. The molecular weight excluding hydrogens is 959 g/mol. The molecule has 1 unspecified atom stereocenters. The normalized spacial score (nSPS) is 23.5. The third-order valence-electron chi connectivity index (χ3n) is 15.6. The van der Waals surface area contributed by atoms with Gasteiger partial charge in [0.25, 0.3) is 0 Å². The molecule has 2 saturated heterocycles. The number of nitrogens with two attached hydrogens (primary N) is 1. The highest BCUT2D eigenvalue weighted by Gasteiger charge is 2.46. The molecule has 0 spiro atoms. The maximum atomic E-state index is 14.4. The molecule has 7 rings (SSSR count). The number of likely N-dealkylation sites (N-methyl/N-ethyl adjacent to an activating group) is 2. The Balaban J connectivity index is 1.09. The summed E-state index contributed by atoms with van der Waals surface area (Å²) in [4.78, 5) is 115. The molecule has 4 aliphatic rings. The van der Waals surface area contributed by atoms with Gasteiger partial charge in [-0.25, -0.2) is 0 Å². The van der Waals surface area contributed by atoms with E-state index in [-0.39, 0.29) is 67.7 Å². The molecule has 2 heterocycles. The number of ketones is 2. The highest BCUT2D eigenvalue weighted by atomic mass is 16.3. The number of fused-ring (bicyclic) bond motifs is 2. The summed E-state index contributed by atoms with van der Waals surface area (Å²) in [6.07, 6.45) is 2.15. The smallest absolute Gasteiger partial charge is 0.248 e. The number of nitrogen functional groups attached to an aromatic ring is 1. The summed E-state index contributed by atoms with van der Waals surface area (Å²) in [5.41, 5.74) is 11.0. The Labute approximate surface area is 438 Å². The molecule has 10 N–H and O–H groups in total. The van der Waals surface area contributed by atoms with E-state index in [1.54, 1.807) is 27.9 Å². The summed E-state index contributed by atoms with van der Waals surface area (Å²) in [6, 6.07) is 13.3. The van der Waals surface area contributed by atoms with E-state index in [1.165, 1.54) is 41.8 Å². The van der Waals surface area contributed by atoms with Gasteiger partial charge in [-0.1, -0.05) is 48.5 Å². The zero-order valence-electron chi connectivity index (χ0n) is 43.9. The molecule has 2 aliphatic heterocycles. The minimum atomic E-state index is -1.38. The van der Waals surface area contributed by atoms with Gasteiger partial charge in [-0.05, 0) is 145 Å². The molecule has 0 radical (unpaired) electrons. The highest BCUT2D eigenvalue weighted by Crippen LogP contribution is 2.35. The first-order valence-electron chi connectivity index (χ1n) is 26.4. The fourth-order valence-electron chi connectivity index (χ4n) is 11.2. The highest BCUT2D eigenvalue weighted by molar-refractivity contribution is 6.03. The van der Waals surface area contributed by atoms with Gasteiger partial charge in [-0.15, -0.1) is 0 Å². The van der Waals surface area contributed by atoms with Gasteiger partial charge in [0.1, 0.15) is 24.2 Å². The molecule has 19 nitrogen and oxygen atoms in total. The first-order chi connectivity index (χ1) is 35.8. The topological polar surface area (TPSA) is 282 Å². The number of aliphatic hydroxyl groups excluding tert-OH is 2. The van der Waals surface area contributed by atoms with Crippen LogP contribution >= 0.6 is 0 Å². The Hall–Kier alpha value is -6.54. The number of aryl methyl sites for hydroxylation is 2. The van der Waals surface area contributed by atoms with Crippen LogP contribution in [0.1, 0.15) is 134 Å². The second-order valence-electron chi connectivity index (χ2n) is 21.1. The van der Waals surface area contributed by atoms with E-state index in [9.17, 15) is 48.6 Å². The van der Waals surface area contributed by atoms with Crippen molar-refractivity contribution in [3.63, 3.8) is 0 Å². The third kappa shape index (κ3) is 13.3. The van der Waals surface area contributed by atoms with Gasteiger partial charge in [-0.3, -0.25) is 38.4 Å². The predicted molar refractivity (Wildman–Crippen MR) is 281 cm³/mol. The van der Waals surface area contributed by atoms with Gasteiger partial charge in [0.15, 0.2) is 11.6 Å². The van der Waals surface area contributed by atoms with Crippen LogP contribution in [-0.2, 0) is 41.6 Å². The third-order valence-corrected chi connectivity index (χ3v) is 15.6. The summed E-state index contributed by atoms with van der Waals surface area (Å²) in [6.45, 7) is 5.90. The van der Waals surface area contributed by atoms with Crippen LogP contribution in [-0.4, -0.2) is 143 Å². The first-order valence-corrected chi connectivity index (χ1v) is 26.4. The van der Waals surface area contributed by atoms with Crippen LogP contribution in [0.5, 0.6) is 0 Å². The van der Waals surface area contributed by atoms with Gasteiger partial charge in [0, 0.05) is 42.7 Å². The number of hydrogen-bond donors (Lipinski definition) is 9.